The molecule has 0 saturated heterocycles. The molecule has 0 amide bonds. The van der Waals surface area contributed by atoms with Gasteiger partial charge < -0.3 is 7.43 Å². The molecule has 0 aliphatic heterocycles. The fraction of sp³-hybridized carbons (Fsp3) is 0.226. The van der Waals surface area contributed by atoms with Crippen LogP contribution in [0.5, 0.6) is 0 Å². The second kappa shape index (κ2) is 14.4. The van der Waals surface area contributed by atoms with Gasteiger partial charge in [-0.05, 0) is 14.5 Å². The zero-order chi connectivity index (χ0) is 23.6. The number of rotatable bonds is 1. The van der Waals surface area contributed by atoms with Gasteiger partial charge in [-0.15, -0.1) is 5.56 Å². The van der Waals surface area contributed by atoms with E-state index in [1.807, 2.05) is 36.4 Å². The quantitative estimate of drug-likeness (QED) is 0.173. The molecule has 0 saturated carbocycles. The Morgan fingerprint density at radius 2 is 1.52 bits per heavy atom. The van der Waals surface area contributed by atoms with Crippen LogP contribution in [0.2, 0.25) is 19.6 Å². The molecule has 172 valence electrons. The average molecular weight is 528 g/mol. The smallest absolute Gasteiger partial charge is 0.0253 e. The van der Waals surface area contributed by atoms with E-state index in [0.717, 1.165) is 6.42 Å². The van der Waals surface area contributed by atoms with Gasteiger partial charge in [0.2, 0.25) is 0 Å². The first-order chi connectivity index (χ1) is 15.4. The van der Waals surface area contributed by atoms with Gasteiger partial charge >= 0.3 is 28.4 Å². The fourth-order valence-corrected chi connectivity index (χ4v) is 5.94. The van der Waals surface area contributed by atoms with Crippen molar-refractivity contribution in [3.63, 3.8) is 0 Å². The minimum atomic E-state index is -1.07. The second-order valence-electron chi connectivity index (χ2n) is 8.86. The van der Waals surface area contributed by atoms with Gasteiger partial charge in [0.05, 0.1) is 0 Å². The second-order valence-corrected chi connectivity index (χ2v) is 13.9. The van der Waals surface area contributed by atoms with Crippen molar-refractivity contribution in [2.75, 3.05) is 0 Å². The van der Waals surface area contributed by atoms with Crippen molar-refractivity contribution in [1.82, 2.24) is 0 Å². The molecule has 0 spiro atoms. The number of hydrogen-bond acceptors (Lipinski definition) is 0. The summed E-state index contributed by atoms with van der Waals surface area (Å²) in [5.74, 6) is 0.553. The molecule has 3 aromatic rings. The van der Waals surface area contributed by atoms with Gasteiger partial charge in [0.15, 0.2) is 0 Å². The summed E-state index contributed by atoms with van der Waals surface area (Å²) in [6, 6.07) is 30.6. The standard InChI is InChI=1S/C13H9.C10H17Si.C6H5.CH3.CH2.Zr/c1-3-7-12-10(5-1)9-11-6-2-4-8-13(11)12;1-8-6-9(2)10(7-8)11(3,4)5;1-2-4-6-5-3-1;;;/h1-5,7-8H,9H2;7-8H,1-5H3;1-5H;1H3;1H2;/q4*-1;;. The molecule has 2 heteroatoms. The largest absolute Gasteiger partial charge is 0.358 e. The van der Waals surface area contributed by atoms with Crippen molar-refractivity contribution in [2.24, 2.45) is 5.92 Å². The molecular formula is C31H36SiZr-4. The third kappa shape index (κ3) is 8.76. The van der Waals surface area contributed by atoms with E-state index in [2.05, 4.69) is 98.4 Å². The van der Waals surface area contributed by atoms with Gasteiger partial charge in [-0.25, -0.2) is 10.8 Å². The number of fused-ring (bicyclic) bond motifs is 3. The topological polar surface area (TPSA) is 0 Å². The van der Waals surface area contributed by atoms with E-state index >= 15 is 0 Å². The summed E-state index contributed by atoms with van der Waals surface area (Å²) in [7, 11) is -1.07. The summed E-state index contributed by atoms with van der Waals surface area (Å²) >= 11 is 1.30. The van der Waals surface area contributed by atoms with Crippen LogP contribution in [-0.2, 0) is 30.7 Å². The van der Waals surface area contributed by atoms with Crippen LogP contribution in [0.3, 0.4) is 0 Å². The third-order valence-electron chi connectivity index (χ3n) is 5.30. The minimum absolute atomic E-state index is 0. The molecule has 0 radical (unpaired) electrons. The molecule has 5 rings (SSSR count). The Morgan fingerprint density at radius 1 is 0.879 bits per heavy atom. The van der Waals surface area contributed by atoms with Gasteiger partial charge in [-0.2, -0.15) is 72.3 Å². The summed E-state index contributed by atoms with van der Waals surface area (Å²) in [5.41, 5.74) is 6.91. The van der Waals surface area contributed by atoms with Gasteiger partial charge in [0.1, 0.15) is 0 Å². The first-order valence-electron chi connectivity index (χ1n) is 11.0. The van der Waals surface area contributed by atoms with Crippen molar-refractivity contribution in [1.29, 1.82) is 0 Å². The first kappa shape index (κ1) is 29.1. The van der Waals surface area contributed by atoms with Crippen LogP contribution in [0, 0.1) is 31.6 Å². The van der Waals surface area contributed by atoms with Crippen molar-refractivity contribution in [3.8, 4) is 11.1 Å². The number of benzene rings is 3. The van der Waals surface area contributed by atoms with Gasteiger partial charge in [0.25, 0.3) is 0 Å². The van der Waals surface area contributed by atoms with Crippen LogP contribution in [0.15, 0.2) is 89.6 Å². The summed E-state index contributed by atoms with van der Waals surface area (Å²) in [4.78, 5) is 0. The maximum Gasteiger partial charge on any atom is -0.0253 e. The Labute approximate surface area is 218 Å². The van der Waals surface area contributed by atoms with Crippen molar-refractivity contribution in [3.05, 3.63) is 126 Å². The van der Waals surface area contributed by atoms with E-state index in [0.29, 0.717) is 5.92 Å². The molecule has 0 heterocycles. The fourth-order valence-electron chi connectivity index (χ4n) is 3.99. The Balaban J connectivity index is 0.000000248. The van der Waals surface area contributed by atoms with Gasteiger partial charge in [-0.3, -0.25) is 6.08 Å². The molecular weight excluding hydrogens is 492 g/mol. The molecule has 1 atom stereocenters. The van der Waals surface area contributed by atoms with Crippen LogP contribution in [-0.4, -0.2) is 12.3 Å². The SMILES string of the molecule is CC1=[C-]C(C)C=C1[Si](C)(C)C.[CH2]=[Zr].[CH3-].[c-]1cccc2c1Cc1ccccc1-2.[c-]1ccccc1. The number of hydrogen-bond donors (Lipinski definition) is 0. The van der Waals surface area contributed by atoms with Crippen LogP contribution >= 0.6 is 0 Å². The summed E-state index contributed by atoms with van der Waals surface area (Å²) in [6.07, 6.45) is 6.86. The van der Waals surface area contributed by atoms with Crippen LogP contribution in [0.4, 0.5) is 0 Å². The van der Waals surface area contributed by atoms with Crippen molar-refractivity contribution < 1.29 is 24.2 Å². The molecule has 1 unspecified atom stereocenters. The maximum atomic E-state index is 3.43. The van der Waals surface area contributed by atoms with Crippen LogP contribution in [0.1, 0.15) is 25.0 Å². The Morgan fingerprint density at radius 3 is 2.00 bits per heavy atom. The van der Waals surface area contributed by atoms with Gasteiger partial charge in [0, 0.05) is 0 Å². The summed E-state index contributed by atoms with van der Waals surface area (Å²) in [6.45, 7) is 11.6. The molecule has 0 N–H and O–H groups in total. The molecule has 0 fully saturated rings. The van der Waals surface area contributed by atoms with Crippen molar-refractivity contribution in [2.45, 2.75) is 39.9 Å². The van der Waals surface area contributed by atoms with Gasteiger partial charge in [-0.1, -0.05) is 74.8 Å². The van der Waals surface area contributed by atoms with E-state index in [1.165, 1.54) is 52.1 Å². The zero-order valence-corrected chi connectivity index (χ0v) is 24.5. The third-order valence-corrected chi connectivity index (χ3v) is 7.45. The molecule has 33 heavy (non-hydrogen) atoms. The normalized spacial score (nSPS) is 14.7. The van der Waals surface area contributed by atoms with E-state index in [-0.39, 0.29) is 7.43 Å². The number of allylic oxidation sites excluding steroid dienone is 4. The Hall–Kier alpha value is -1.89. The minimum Gasteiger partial charge on any atom is -0.358 e. The summed E-state index contributed by atoms with van der Waals surface area (Å²) < 4.78 is 3.34. The van der Waals surface area contributed by atoms with E-state index in [4.69, 9.17) is 0 Å². The maximum absolute atomic E-state index is 3.43. The monoisotopic (exact) mass is 526 g/mol. The molecule has 3 aromatic carbocycles. The van der Waals surface area contributed by atoms with E-state index in [1.54, 1.807) is 5.20 Å². The summed E-state index contributed by atoms with van der Waals surface area (Å²) in [5, 5.41) is 1.60. The molecule has 0 bridgehead atoms. The zero-order valence-electron chi connectivity index (χ0n) is 21.0. The van der Waals surface area contributed by atoms with Crippen LogP contribution < -0.4 is 0 Å². The Bertz CT molecular complexity index is 972. The molecule has 2 aliphatic carbocycles. The average Bonchev–Trinajstić information content (AvgIpc) is 3.36. The molecule has 0 aromatic heterocycles. The molecule has 2 aliphatic rings. The predicted octanol–water partition coefficient (Wildman–Crippen LogP) is 8.15. The van der Waals surface area contributed by atoms with E-state index in [9.17, 15) is 0 Å². The predicted molar refractivity (Wildman–Crippen MR) is 145 cm³/mol. The van der Waals surface area contributed by atoms with Crippen LogP contribution in [0.25, 0.3) is 11.1 Å². The molecule has 0 nitrogen and oxygen atoms in total. The van der Waals surface area contributed by atoms with E-state index < -0.39 is 8.07 Å². The Kier molecular flexibility index (Phi) is 12.7. The van der Waals surface area contributed by atoms with Crippen molar-refractivity contribution >= 4 is 12.3 Å². The first-order valence-corrected chi connectivity index (χ1v) is 16.3.